The first-order chi connectivity index (χ1) is 9.56. The highest BCUT2D eigenvalue weighted by Gasteiger charge is 2.09. The molecule has 0 heterocycles. The van der Waals surface area contributed by atoms with Gasteiger partial charge in [-0.2, -0.15) is 4.91 Å². The average Bonchev–Trinajstić information content (AvgIpc) is 2.40. The molecule has 0 aromatic heterocycles. The van der Waals surface area contributed by atoms with Crippen molar-refractivity contribution in [2.45, 2.75) is 25.7 Å². The monoisotopic (exact) mass is 292 g/mol. The second-order valence-electron chi connectivity index (χ2n) is 3.56. The van der Waals surface area contributed by atoms with Crippen LogP contribution in [0.2, 0.25) is 0 Å². The number of carbonyl (C=O) groups is 2. The molecule has 0 bridgehead atoms. The standard InChI is InChI=1S/C10H16N2O8/c13-9(18-6-1-5-11-15)3-4-10(14)19-7-2-8-20-12(16)17/h1-8H2. The predicted octanol–water partition coefficient (Wildman–Crippen LogP) is 0.608. The van der Waals surface area contributed by atoms with E-state index in [-0.39, 0.29) is 45.6 Å². The molecule has 0 saturated carbocycles. The van der Waals surface area contributed by atoms with Crippen LogP contribution in [0.15, 0.2) is 5.18 Å². The molecule has 0 radical (unpaired) electrons. The average molecular weight is 292 g/mol. The topological polar surface area (TPSA) is 134 Å². The molecule has 10 nitrogen and oxygen atoms in total. The molecular formula is C10H16N2O8. The predicted molar refractivity (Wildman–Crippen MR) is 64.0 cm³/mol. The van der Waals surface area contributed by atoms with E-state index in [1.54, 1.807) is 0 Å². The van der Waals surface area contributed by atoms with Crippen LogP contribution in [-0.4, -0.2) is 43.4 Å². The van der Waals surface area contributed by atoms with Crippen LogP contribution in [0.3, 0.4) is 0 Å². The molecule has 0 atom stereocenters. The molecule has 20 heavy (non-hydrogen) atoms. The summed E-state index contributed by atoms with van der Waals surface area (Å²) >= 11 is 0. The quantitative estimate of drug-likeness (QED) is 0.168. The van der Waals surface area contributed by atoms with Crippen LogP contribution in [0.1, 0.15) is 25.7 Å². The molecule has 0 saturated heterocycles. The molecule has 0 aliphatic heterocycles. The van der Waals surface area contributed by atoms with E-state index in [2.05, 4.69) is 10.0 Å². The number of nitrogens with zero attached hydrogens (tertiary/aromatic N) is 2. The smallest absolute Gasteiger partial charge is 0.306 e. The van der Waals surface area contributed by atoms with E-state index >= 15 is 0 Å². The van der Waals surface area contributed by atoms with Crippen LogP contribution < -0.4 is 0 Å². The van der Waals surface area contributed by atoms with Crippen molar-refractivity contribution in [1.82, 2.24) is 0 Å². The van der Waals surface area contributed by atoms with E-state index in [4.69, 9.17) is 9.47 Å². The van der Waals surface area contributed by atoms with Crippen molar-refractivity contribution in [3.05, 3.63) is 15.0 Å². The van der Waals surface area contributed by atoms with Crippen molar-refractivity contribution >= 4 is 11.9 Å². The zero-order valence-electron chi connectivity index (χ0n) is 10.8. The Bertz CT molecular complexity index is 333. The molecule has 0 aliphatic rings. The van der Waals surface area contributed by atoms with Gasteiger partial charge in [0.25, 0.3) is 5.09 Å². The summed E-state index contributed by atoms with van der Waals surface area (Å²) in [6.45, 7) is -0.0286. The summed E-state index contributed by atoms with van der Waals surface area (Å²) in [5.74, 6) is -1.16. The summed E-state index contributed by atoms with van der Waals surface area (Å²) in [5, 5.41) is 11.5. The second kappa shape index (κ2) is 11.8. The van der Waals surface area contributed by atoms with Crippen molar-refractivity contribution in [3.63, 3.8) is 0 Å². The van der Waals surface area contributed by atoms with Gasteiger partial charge in [-0.3, -0.25) is 9.59 Å². The Morgan fingerprint density at radius 3 is 2.05 bits per heavy atom. The first-order valence-corrected chi connectivity index (χ1v) is 5.94. The summed E-state index contributed by atoms with van der Waals surface area (Å²) in [7, 11) is 0. The molecule has 0 aliphatic carbocycles. The van der Waals surface area contributed by atoms with E-state index in [0.717, 1.165) is 0 Å². The lowest BCUT2D eigenvalue weighted by Crippen LogP contribution is -2.13. The maximum absolute atomic E-state index is 11.2. The van der Waals surface area contributed by atoms with Crippen molar-refractivity contribution in [2.75, 3.05) is 26.4 Å². The molecule has 0 amide bonds. The largest absolute Gasteiger partial charge is 0.466 e. The molecule has 0 rings (SSSR count). The summed E-state index contributed by atoms with van der Waals surface area (Å²) in [5.41, 5.74) is 0. The SMILES string of the molecule is O=NCCCOC(=O)CCC(=O)OCCCO[N+](=O)[O-]. The van der Waals surface area contributed by atoms with Crippen LogP contribution in [-0.2, 0) is 23.9 Å². The van der Waals surface area contributed by atoms with Crippen LogP contribution >= 0.6 is 0 Å². The molecule has 114 valence electrons. The fourth-order valence-corrected chi connectivity index (χ4v) is 1.05. The van der Waals surface area contributed by atoms with Gasteiger partial charge in [-0.1, -0.05) is 5.18 Å². The highest BCUT2D eigenvalue weighted by atomic mass is 16.9. The zero-order chi connectivity index (χ0) is 15.2. The molecule has 10 heteroatoms. The summed E-state index contributed by atoms with van der Waals surface area (Å²) < 4.78 is 9.43. The third-order valence-electron chi connectivity index (χ3n) is 1.94. The number of rotatable bonds is 12. The van der Waals surface area contributed by atoms with E-state index in [9.17, 15) is 24.6 Å². The number of carbonyl (C=O) groups excluding carboxylic acids is 2. The van der Waals surface area contributed by atoms with Gasteiger partial charge in [0, 0.05) is 12.8 Å². The highest BCUT2D eigenvalue weighted by molar-refractivity contribution is 5.77. The Morgan fingerprint density at radius 2 is 1.55 bits per heavy atom. The number of hydrogen-bond donors (Lipinski definition) is 0. The molecule has 0 aromatic carbocycles. The lowest BCUT2D eigenvalue weighted by Gasteiger charge is -2.05. The molecule has 0 spiro atoms. The van der Waals surface area contributed by atoms with Crippen molar-refractivity contribution in [2.24, 2.45) is 5.18 Å². The van der Waals surface area contributed by atoms with Crippen LogP contribution in [0, 0.1) is 15.0 Å². The molecular weight excluding hydrogens is 276 g/mol. The van der Waals surface area contributed by atoms with Gasteiger partial charge < -0.3 is 14.3 Å². The van der Waals surface area contributed by atoms with E-state index < -0.39 is 17.0 Å². The molecule has 0 fully saturated rings. The first kappa shape index (κ1) is 17.7. The van der Waals surface area contributed by atoms with Gasteiger partial charge in [0.2, 0.25) is 0 Å². The maximum atomic E-state index is 11.2. The first-order valence-electron chi connectivity index (χ1n) is 5.94. The van der Waals surface area contributed by atoms with Gasteiger partial charge in [0.15, 0.2) is 0 Å². The third kappa shape index (κ3) is 12.2. The van der Waals surface area contributed by atoms with Crippen molar-refractivity contribution < 1.29 is 29.0 Å². The second-order valence-corrected chi connectivity index (χ2v) is 3.56. The van der Waals surface area contributed by atoms with Gasteiger partial charge in [-0.25, -0.2) is 0 Å². The zero-order valence-corrected chi connectivity index (χ0v) is 10.8. The lowest BCUT2D eigenvalue weighted by atomic mass is 10.3. The number of hydrogen-bond acceptors (Lipinski definition) is 9. The van der Waals surface area contributed by atoms with Gasteiger partial charge in [0.1, 0.15) is 0 Å². The maximum Gasteiger partial charge on any atom is 0.306 e. The Hall–Kier alpha value is -2.26. The van der Waals surface area contributed by atoms with Gasteiger partial charge in [-0.15, -0.1) is 10.1 Å². The van der Waals surface area contributed by atoms with Crippen LogP contribution in [0.25, 0.3) is 0 Å². The highest BCUT2D eigenvalue weighted by Crippen LogP contribution is 1.98. The fraction of sp³-hybridized carbons (Fsp3) is 0.800. The minimum Gasteiger partial charge on any atom is -0.466 e. The van der Waals surface area contributed by atoms with Crippen LogP contribution in [0.5, 0.6) is 0 Å². The Labute approximate surface area is 114 Å². The number of ether oxygens (including phenoxy) is 2. The lowest BCUT2D eigenvalue weighted by molar-refractivity contribution is -0.757. The Morgan fingerprint density at radius 1 is 1.00 bits per heavy atom. The van der Waals surface area contributed by atoms with Gasteiger partial charge in [0.05, 0.1) is 39.2 Å². The minimum atomic E-state index is -0.933. The Balaban J connectivity index is 3.45. The molecule has 0 N–H and O–H groups in total. The third-order valence-corrected chi connectivity index (χ3v) is 1.94. The van der Waals surface area contributed by atoms with Crippen molar-refractivity contribution in [3.8, 4) is 0 Å². The molecule has 0 aromatic rings. The van der Waals surface area contributed by atoms with Crippen LogP contribution in [0.4, 0.5) is 0 Å². The Kier molecular flexibility index (Phi) is 10.5. The van der Waals surface area contributed by atoms with E-state index in [0.29, 0.717) is 6.42 Å². The van der Waals surface area contributed by atoms with Gasteiger partial charge >= 0.3 is 11.9 Å². The van der Waals surface area contributed by atoms with Gasteiger partial charge in [-0.05, 0) is 0 Å². The normalized spacial score (nSPS) is 9.60. The number of nitroso groups, excluding NO2 is 1. The fourth-order valence-electron chi connectivity index (χ4n) is 1.05. The molecule has 0 unspecified atom stereocenters. The van der Waals surface area contributed by atoms with E-state index in [1.165, 1.54) is 0 Å². The van der Waals surface area contributed by atoms with E-state index in [1.807, 2.05) is 0 Å². The number of esters is 2. The summed E-state index contributed by atoms with van der Waals surface area (Å²) in [6.07, 6.45) is 0.269. The summed E-state index contributed by atoms with van der Waals surface area (Å²) in [4.78, 5) is 45.9. The van der Waals surface area contributed by atoms with Crippen molar-refractivity contribution in [1.29, 1.82) is 0 Å². The minimum absolute atomic E-state index is 0.0211. The summed E-state index contributed by atoms with van der Waals surface area (Å²) in [6, 6.07) is 0.